The smallest absolute Gasteiger partial charge is 0.350 e. The number of hydrogen-bond donors (Lipinski definition) is 1. The number of amides is 1. The minimum atomic E-state index is -1.01. The highest BCUT2D eigenvalue weighted by Crippen LogP contribution is 2.44. The summed E-state index contributed by atoms with van der Waals surface area (Å²) in [6.07, 6.45) is 1.62. The number of hydrogen-bond acceptors (Lipinski definition) is 8. The zero-order valence-corrected chi connectivity index (χ0v) is 22.6. The quantitative estimate of drug-likeness (QED) is 0.124. The van der Waals surface area contributed by atoms with Gasteiger partial charge in [0.1, 0.15) is 23.0 Å². The van der Waals surface area contributed by atoms with E-state index < -0.39 is 23.7 Å². The third-order valence-electron chi connectivity index (χ3n) is 5.90. The number of ether oxygens (including phenoxy) is 2. The molecule has 10 heteroatoms. The fourth-order valence-electron chi connectivity index (χ4n) is 4.15. The van der Waals surface area contributed by atoms with E-state index in [-0.39, 0.29) is 27.9 Å². The molecular weight excluding hydrogens is 528 g/mol. The molecule has 1 amide bonds. The molecule has 1 atom stereocenters. The molecule has 38 heavy (non-hydrogen) atoms. The van der Waals surface area contributed by atoms with Crippen LogP contribution in [0.2, 0.25) is 5.02 Å². The van der Waals surface area contributed by atoms with Crippen molar-refractivity contribution in [3.63, 3.8) is 0 Å². The number of aromatic nitrogens is 1. The van der Waals surface area contributed by atoms with E-state index in [9.17, 15) is 19.5 Å². The van der Waals surface area contributed by atoms with Gasteiger partial charge in [-0.05, 0) is 62.2 Å². The molecule has 2 aromatic carbocycles. The molecule has 1 fully saturated rings. The fourth-order valence-corrected chi connectivity index (χ4v) is 5.27. The van der Waals surface area contributed by atoms with Crippen molar-refractivity contribution in [2.45, 2.75) is 26.8 Å². The van der Waals surface area contributed by atoms with Crippen molar-refractivity contribution < 1.29 is 29.0 Å². The first kappa shape index (κ1) is 27.1. The van der Waals surface area contributed by atoms with Crippen LogP contribution in [0.3, 0.4) is 0 Å². The number of esters is 1. The summed E-state index contributed by atoms with van der Waals surface area (Å²) in [5, 5.41) is 12.0. The highest BCUT2D eigenvalue weighted by atomic mass is 35.5. The number of carbonyl (C=O) groups is 3. The molecule has 2 heterocycles. The second-order valence-electron chi connectivity index (χ2n) is 8.43. The number of aliphatic hydroxyl groups excluding tert-OH is 1. The summed E-state index contributed by atoms with van der Waals surface area (Å²) in [6, 6.07) is 10.6. The number of halogens is 1. The van der Waals surface area contributed by atoms with Gasteiger partial charge in [0.25, 0.3) is 5.78 Å². The normalized spacial score (nSPS) is 16.5. The number of rotatable bonds is 8. The number of anilines is 1. The van der Waals surface area contributed by atoms with Gasteiger partial charge in [-0.1, -0.05) is 47.7 Å². The number of Topliss-reactive ketones (excluding diaryl/α,β-unsaturated/α-hetero) is 1. The molecule has 0 bridgehead atoms. The Kier molecular flexibility index (Phi) is 7.99. The minimum absolute atomic E-state index is 0.106. The lowest BCUT2D eigenvalue weighted by molar-refractivity contribution is -0.132. The third-order valence-corrected chi connectivity index (χ3v) is 7.29. The van der Waals surface area contributed by atoms with Gasteiger partial charge < -0.3 is 14.6 Å². The van der Waals surface area contributed by atoms with Crippen LogP contribution in [0.25, 0.3) is 5.76 Å². The Morgan fingerprint density at radius 3 is 2.55 bits per heavy atom. The third kappa shape index (κ3) is 5.07. The summed E-state index contributed by atoms with van der Waals surface area (Å²) in [6.45, 7) is 9.19. The molecule has 0 aliphatic carbocycles. The maximum Gasteiger partial charge on any atom is 0.350 e. The van der Waals surface area contributed by atoms with E-state index in [0.29, 0.717) is 39.8 Å². The first-order chi connectivity index (χ1) is 18.2. The predicted octanol–water partition coefficient (Wildman–Crippen LogP) is 5.78. The Morgan fingerprint density at radius 2 is 1.92 bits per heavy atom. The van der Waals surface area contributed by atoms with E-state index in [4.69, 9.17) is 21.1 Å². The van der Waals surface area contributed by atoms with Crippen molar-refractivity contribution in [3.8, 4) is 5.75 Å². The summed E-state index contributed by atoms with van der Waals surface area (Å²) in [4.78, 5) is 45.1. The Hall–Kier alpha value is -3.95. The lowest BCUT2D eigenvalue weighted by Gasteiger charge is -2.23. The topological polar surface area (TPSA) is 106 Å². The van der Waals surface area contributed by atoms with Gasteiger partial charge in [-0.25, -0.2) is 9.78 Å². The molecular formula is C28H25ClN2O6S. The van der Waals surface area contributed by atoms with Crippen LogP contribution in [0.5, 0.6) is 5.75 Å². The zero-order chi connectivity index (χ0) is 27.6. The zero-order valence-electron chi connectivity index (χ0n) is 21.0. The largest absolute Gasteiger partial charge is 0.507 e. The molecule has 1 aliphatic rings. The van der Waals surface area contributed by atoms with E-state index in [1.807, 2.05) is 0 Å². The second kappa shape index (κ2) is 11.2. The molecule has 1 aliphatic heterocycles. The molecule has 3 aromatic rings. The first-order valence-electron chi connectivity index (χ1n) is 11.7. The van der Waals surface area contributed by atoms with E-state index in [1.165, 1.54) is 4.90 Å². The number of benzene rings is 2. The van der Waals surface area contributed by atoms with Crippen LogP contribution < -0.4 is 9.64 Å². The molecule has 0 spiro atoms. The second-order valence-corrected chi connectivity index (χ2v) is 9.84. The molecule has 4 rings (SSSR count). The number of thiazole rings is 1. The average Bonchev–Trinajstić information content (AvgIpc) is 3.39. The predicted molar refractivity (Wildman–Crippen MR) is 146 cm³/mol. The van der Waals surface area contributed by atoms with Gasteiger partial charge in [0, 0.05) is 10.6 Å². The van der Waals surface area contributed by atoms with Crippen molar-refractivity contribution in [1.82, 2.24) is 4.98 Å². The van der Waals surface area contributed by atoms with Gasteiger partial charge in [0.2, 0.25) is 0 Å². The van der Waals surface area contributed by atoms with Gasteiger partial charge in [-0.2, -0.15) is 0 Å². The van der Waals surface area contributed by atoms with Crippen molar-refractivity contribution in [2.75, 3.05) is 18.1 Å². The van der Waals surface area contributed by atoms with Gasteiger partial charge in [0.15, 0.2) is 5.13 Å². The summed E-state index contributed by atoms with van der Waals surface area (Å²) < 4.78 is 10.7. The van der Waals surface area contributed by atoms with E-state index >= 15 is 0 Å². The standard InChI is InChI=1S/C28H25ClN2O6S/c1-5-13-37-19-11-12-20(15(3)14-19)23(32)21-22(17-7-9-18(29)10-8-17)31(26(34)24(21)33)28-30-16(4)25(38-28)27(35)36-6-2/h5,7-12,14,22,32H,1,6,13H2,2-4H3. The molecule has 8 nitrogen and oxygen atoms in total. The van der Waals surface area contributed by atoms with Crippen molar-refractivity contribution >= 4 is 51.5 Å². The number of aryl methyl sites for hydroxylation is 2. The van der Waals surface area contributed by atoms with Crippen molar-refractivity contribution in [3.05, 3.63) is 93.0 Å². The lowest BCUT2D eigenvalue weighted by atomic mass is 9.94. The van der Waals surface area contributed by atoms with Crippen LogP contribution in [0.4, 0.5) is 5.13 Å². The number of nitrogens with zero attached hydrogens (tertiary/aromatic N) is 2. The van der Waals surface area contributed by atoms with Gasteiger partial charge >= 0.3 is 11.9 Å². The SMILES string of the molecule is C=CCOc1ccc(C(O)=C2C(=O)C(=O)N(c3nc(C)c(C(=O)OCC)s3)C2c2ccc(Cl)cc2)c(C)c1. The minimum Gasteiger partial charge on any atom is -0.507 e. The molecule has 1 saturated heterocycles. The summed E-state index contributed by atoms with van der Waals surface area (Å²) in [5.41, 5.74) is 1.80. The number of aliphatic hydroxyl groups is 1. The van der Waals surface area contributed by atoms with Crippen molar-refractivity contribution in [2.24, 2.45) is 0 Å². The molecule has 1 unspecified atom stereocenters. The molecule has 0 saturated carbocycles. The highest BCUT2D eigenvalue weighted by Gasteiger charge is 2.48. The van der Waals surface area contributed by atoms with E-state index in [1.54, 1.807) is 69.3 Å². The number of carbonyl (C=O) groups excluding carboxylic acids is 3. The summed E-state index contributed by atoms with van der Waals surface area (Å²) >= 11 is 7.04. The summed E-state index contributed by atoms with van der Waals surface area (Å²) in [5.74, 6) is -2.09. The maximum absolute atomic E-state index is 13.4. The Labute approximate surface area is 228 Å². The van der Waals surface area contributed by atoms with Crippen LogP contribution in [0, 0.1) is 13.8 Å². The molecule has 1 aromatic heterocycles. The Morgan fingerprint density at radius 1 is 1.21 bits per heavy atom. The number of ketones is 1. The Bertz CT molecular complexity index is 1460. The monoisotopic (exact) mass is 552 g/mol. The van der Waals surface area contributed by atoms with Gasteiger partial charge in [-0.15, -0.1) is 0 Å². The van der Waals surface area contributed by atoms with Crippen LogP contribution in [-0.4, -0.2) is 41.0 Å². The van der Waals surface area contributed by atoms with E-state index in [0.717, 1.165) is 11.3 Å². The highest BCUT2D eigenvalue weighted by molar-refractivity contribution is 7.17. The maximum atomic E-state index is 13.4. The molecule has 0 radical (unpaired) electrons. The van der Waals surface area contributed by atoms with Gasteiger partial charge in [-0.3, -0.25) is 14.5 Å². The first-order valence-corrected chi connectivity index (χ1v) is 12.9. The van der Waals surface area contributed by atoms with Crippen molar-refractivity contribution in [1.29, 1.82) is 0 Å². The van der Waals surface area contributed by atoms with E-state index in [2.05, 4.69) is 11.6 Å². The lowest BCUT2D eigenvalue weighted by Crippen LogP contribution is -2.29. The van der Waals surface area contributed by atoms with Gasteiger partial charge in [0.05, 0.1) is 23.9 Å². The summed E-state index contributed by atoms with van der Waals surface area (Å²) in [7, 11) is 0. The van der Waals surface area contributed by atoms with Crippen LogP contribution in [-0.2, 0) is 14.3 Å². The molecule has 1 N–H and O–H groups in total. The molecule has 196 valence electrons. The Balaban J connectivity index is 1.88. The van der Waals surface area contributed by atoms with Crippen LogP contribution >= 0.6 is 22.9 Å². The average molecular weight is 553 g/mol. The van der Waals surface area contributed by atoms with Crippen LogP contribution in [0.15, 0.2) is 60.7 Å². The fraction of sp³-hybridized carbons (Fsp3) is 0.214. The van der Waals surface area contributed by atoms with Crippen LogP contribution in [0.1, 0.15) is 45.0 Å².